The number of ether oxygens (including phenoxy) is 1. The first-order chi connectivity index (χ1) is 7.58. The van der Waals surface area contributed by atoms with Crippen molar-refractivity contribution < 1.29 is 19.4 Å². The molecule has 16 heavy (non-hydrogen) atoms. The van der Waals surface area contributed by atoms with Gasteiger partial charge in [-0.2, -0.15) is 0 Å². The van der Waals surface area contributed by atoms with Crippen molar-refractivity contribution in [2.24, 2.45) is 0 Å². The van der Waals surface area contributed by atoms with Crippen molar-refractivity contribution in [1.82, 2.24) is 5.32 Å². The van der Waals surface area contributed by atoms with Gasteiger partial charge in [0.15, 0.2) is 6.61 Å². The Labute approximate surface area is 101 Å². The molecule has 1 aromatic carbocycles. The number of carboxylic acids is 1. The maximum absolute atomic E-state index is 11.1. The molecule has 0 saturated heterocycles. The number of nitrogens with one attached hydrogen (secondary N) is 1. The normalized spacial score (nSPS) is 9.56. The van der Waals surface area contributed by atoms with Gasteiger partial charge in [0.1, 0.15) is 12.3 Å². The first-order valence-electron chi connectivity index (χ1n) is 4.45. The number of carbonyl (C=O) groups excluding carboxylic acids is 1. The van der Waals surface area contributed by atoms with Gasteiger partial charge in [-0.1, -0.05) is 22.0 Å². The van der Waals surface area contributed by atoms with E-state index in [1.807, 2.05) is 6.07 Å². The third-order valence-electron chi connectivity index (χ3n) is 1.60. The fourth-order valence-corrected chi connectivity index (χ4v) is 1.31. The zero-order chi connectivity index (χ0) is 12.0. The van der Waals surface area contributed by atoms with Crippen LogP contribution in [-0.2, 0) is 9.59 Å². The smallest absolute Gasteiger partial charge is 0.322 e. The van der Waals surface area contributed by atoms with Crippen LogP contribution in [0.15, 0.2) is 28.7 Å². The zero-order valence-corrected chi connectivity index (χ0v) is 9.86. The SMILES string of the molecule is O=C(O)CNC(=O)COc1cccc(Br)c1. The van der Waals surface area contributed by atoms with Crippen molar-refractivity contribution in [3.63, 3.8) is 0 Å². The molecular weight excluding hydrogens is 278 g/mol. The van der Waals surface area contributed by atoms with Gasteiger partial charge < -0.3 is 15.2 Å². The molecule has 86 valence electrons. The van der Waals surface area contributed by atoms with Gasteiger partial charge in [-0.3, -0.25) is 9.59 Å². The third kappa shape index (κ3) is 4.79. The van der Waals surface area contributed by atoms with Crippen molar-refractivity contribution in [2.75, 3.05) is 13.2 Å². The lowest BCUT2D eigenvalue weighted by Crippen LogP contribution is -2.33. The fourth-order valence-electron chi connectivity index (χ4n) is 0.931. The second kappa shape index (κ2) is 6.12. The Morgan fingerprint density at radius 3 is 2.81 bits per heavy atom. The van der Waals surface area contributed by atoms with Crippen LogP contribution in [0.3, 0.4) is 0 Å². The van der Waals surface area contributed by atoms with Gasteiger partial charge in [0, 0.05) is 4.47 Å². The van der Waals surface area contributed by atoms with Crippen molar-refractivity contribution >= 4 is 27.8 Å². The first kappa shape index (κ1) is 12.5. The van der Waals surface area contributed by atoms with E-state index in [4.69, 9.17) is 9.84 Å². The Bertz CT molecular complexity index is 394. The quantitative estimate of drug-likeness (QED) is 0.848. The van der Waals surface area contributed by atoms with E-state index in [9.17, 15) is 9.59 Å². The summed E-state index contributed by atoms with van der Waals surface area (Å²) in [5.41, 5.74) is 0. The molecule has 0 aliphatic rings. The van der Waals surface area contributed by atoms with Gasteiger partial charge >= 0.3 is 5.97 Å². The predicted octanol–water partition coefficient (Wildman–Crippen LogP) is 1.03. The lowest BCUT2D eigenvalue weighted by molar-refractivity contribution is -0.138. The Balaban J connectivity index is 2.34. The second-order valence-electron chi connectivity index (χ2n) is 2.92. The van der Waals surface area contributed by atoms with Crippen molar-refractivity contribution in [3.8, 4) is 5.75 Å². The fraction of sp³-hybridized carbons (Fsp3) is 0.200. The number of benzene rings is 1. The minimum absolute atomic E-state index is 0.205. The predicted molar refractivity (Wildman–Crippen MR) is 60.3 cm³/mol. The van der Waals surface area contributed by atoms with Crippen molar-refractivity contribution in [2.45, 2.75) is 0 Å². The van der Waals surface area contributed by atoms with E-state index < -0.39 is 18.4 Å². The summed E-state index contributed by atoms with van der Waals surface area (Å²) in [6.07, 6.45) is 0. The Hall–Kier alpha value is -1.56. The van der Waals surface area contributed by atoms with Gasteiger partial charge in [-0.05, 0) is 18.2 Å². The standard InChI is InChI=1S/C10H10BrNO4/c11-7-2-1-3-8(4-7)16-6-9(13)12-5-10(14)15/h1-4H,5-6H2,(H,12,13)(H,14,15). The molecule has 0 radical (unpaired) electrons. The van der Waals surface area contributed by atoms with Crippen LogP contribution in [0.1, 0.15) is 0 Å². The topological polar surface area (TPSA) is 75.6 Å². The second-order valence-corrected chi connectivity index (χ2v) is 3.83. The van der Waals surface area contributed by atoms with E-state index in [0.29, 0.717) is 5.75 Å². The van der Waals surface area contributed by atoms with Gasteiger partial charge in [-0.25, -0.2) is 0 Å². The summed E-state index contributed by atoms with van der Waals surface area (Å²) in [6.45, 7) is -0.607. The molecule has 0 saturated carbocycles. The Kier molecular flexibility index (Phi) is 4.78. The molecule has 0 aromatic heterocycles. The summed E-state index contributed by atoms with van der Waals surface area (Å²) in [7, 11) is 0. The molecule has 5 nitrogen and oxygen atoms in total. The van der Waals surface area contributed by atoms with Gasteiger partial charge in [0.2, 0.25) is 0 Å². The maximum atomic E-state index is 11.1. The number of halogens is 1. The average Bonchev–Trinajstić information content (AvgIpc) is 2.23. The number of hydrogen-bond acceptors (Lipinski definition) is 3. The van der Waals surface area contributed by atoms with Crippen LogP contribution in [0.4, 0.5) is 0 Å². The molecule has 6 heteroatoms. The van der Waals surface area contributed by atoms with E-state index >= 15 is 0 Å². The van der Waals surface area contributed by atoms with Crippen LogP contribution in [0, 0.1) is 0 Å². The van der Waals surface area contributed by atoms with E-state index in [-0.39, 0.29) is 6.61 Å². The summed E-state index contributed by atoms with van der Waals surface area (Å²) in [6, 6.07) is 7.02. The van der Waals surface area contributed by atoms with Crippen molar-refractivity contribution in [1.29, 1.82) is 0 Å². The van der Waals surface area contributed by atoms with Crippen LogP contribution >= 0.6 is 15.9 Å². The Morgan fingerprint density at radius 2 is 2.19 bits per heavy atom. The maximum Gasteiger partial charge on any atom is 0.322 e. The molecule has 0 aliphatic carbocycles. The van der Waals surface area contributed by atoms with Gasteiger partial charge in [0.25, 0.3) is 5.91 Å². The van der Waals surface area contributed by atoms with Gasteiger partial charge in [0.05, 0.1) is 0 Å². The van der Waals surface area contributed by atoms with Crippen LogP contribution in [0.2, 0.25) is 0 Å². The number of amides is 1. The highest BCUT2D eigenvalue weighted by Gasteiger charge is 2.04. The summed E-state index contributed by atoms with van der Waals surface area (Å²) in [5.74, 6) is -1.02. The highest BCUT2D eigenvalue weighted by atomic mass is 79.9. The molecule has 1 rings (SSSR count). The molecule has 1 aromatic rings. The monoisotopic (exact) mass is 287 g/mol. The first-order valence-corrected chi connectivity index (χ1v) is 5.24. The van der Waals surface area contributed by atoms with Crippen molar-refractivity contribution in [3.05, 3.63) is 28.7 Å². The van der Waals surface area contributed by atoms with E-state index in [1.165, 1.54) is 0 Å². The molecule has 0 heterocycles. The van der Waals surface area contributed by atoms with Crippen LogP contribution in [-0.4, -0.2) is 30.1 Å². The summed E-state index contributed by atoms with van der Waals surface area (Å²) in [5, 5.41) is 10.5. The van der Waals surface area contributed by atoms with Crippen LogP contribution in [0.25, 0.3) is 0 Å². The highest BCUT2D eigenvalue weighted by molar-refractivity contribution is 9.10. The highest BCUT2D eigenvalue weighted by Crippen LogP contribution is 2.17. The lowest BCUT2D eigenvalue weighted by Gasteiger charge is -2.06. The van der Waals surface area contributed by atoms with Gasteiger partial charge in [-0.15, -0.1) is 0 Å². The molecule has 1 amide bonds. The summed E-state index contributed by atoms with van der Waals surface area (Å²) in [4.78, 5) is 21.3. The average molecular weight is 288 g/mol. The van der Waals surface area contributed by atoms with E-state index in [2.05, 4.69) is 21.2 Å². The Morgan fingerprint density at radius 1 is 1.44 bits per heavy atom. The summed E-state index contributed by atoms with van der Waals surface area (Å²) < 4.78 is 5.99. The number of carboxylic acid groups (broad SMARTS) is 1. The number of carbonyl (C=O) groups is 2. The molecule has 0 atom stereocenters. The summed E-state index contributed by atoms with van der Waals surface area (Å²) >= 11 is 3.26. The molecule has 0 aliphatic heterocycles. The number of hydrogen-bond donors (Lipinski definition) is 2. The lowest BCUT2D eigenvalue weighted by atomic mass is 10.3. The number of rotatable bonds is 5. The molecule has 0 unspecified atom stereocenters. The van der Waals surface area contributed by atoms with E-state index in [0.717, 1.165) is 4.47 Å². The third-order valence-corrected chi connectivity index (χ3v) is 2.10. The molecule has 0 spiro atoms. The van der Waals surface area contributed by atoms with E-state index in [1.54, 1.807) is 18.2 Å². The van der Waals surface area contributed by atoms with Crippen LogP contribution < -0.4 is 10.1 Å². The molecule has 2 N–H and O–H groups in total. The zero-order valence-electron chi connectivity index (χ0n) is 8.27. The molecular formula is C10H10BrNO4. The minimum Gasteiger partial charge on any atom is -0.484 e. The molecule has 0 fully saturated rings. The minimum atomic E-state index is -1.09. The van der Waals surface area contributed by atoms with Crippen LogP contribution in [0.5, 0.6) is 5.75 Å². The number of aliphatic carboxylic acids is 1. The molecule has 0 bridgehead atoms. The largest absolute Gasteiger partial charge is 0.484 e.